The van der Waals surface area contributed by atoms with E-state index in [4.69, 9.17) is 28.4 Å². The highest BCUT2D eigenvalue weighted by atomic mass is 16.8. The molecule has 3 rings (SSSR count). The van der Waals surface area contributed by atoms with E-state index in [1.807, 2.05) is 41.5 Å². The van der Waals surface area contributed by atoms with Crippen LogP contribution in [0.1, 0.15) is 63.2 Å². The summed E-state index contributed by atoms with van der Waals surface area (Å²) in [6.07, 6.45) is -0.903. The molecule has 174 valence electrons. The SMILES string of the molecule is CC1(C)OCC(C2OC(C)(C)OC2C2COC(C)(C)O2)O1.CCOC(=O)CC(C)=O.[H+]. The van der Waals surface area contributed by atoms with Gasteiger partial charge in [-0.3, -0.25) is 9.59 Å². The topological polar surface area (TPSA) is 98.8 Å². The zero-order valence-electron chi connectivity index (χ0n) is 20.3. The Hall–Kier alpha value is -1.10. The Morgan fingerprint density at radius 3 is 1.57 bits per heavy atom. The first-order chi connectivity index (χ1) is 13.7. The summed E-state index contributed by atoms with van der Waals surface area (Å²) in [5, 5.41) is 0. The summed E-state index contributed by atoms with van der Waals surface area (Å²) in [5.74, 6) is -2.44. The summed E-state index contributed by atoms with van der Waals surface area (Å²) in [4.78, 5) is 20.6. The van der Waals surface area contributed by atoms with Crippen molar-refractivity contribution in [2.45, 2.75) is 104 Å². The lowest BCUT2D eigenvalue weighted by Gasteiger charge is -2.26. The largest absolute Gasteiger partial charge is 1.00 e. The number of ether oxygens (including phenoxy) is 7. The normalized spacial score (nSPS) is 33.6. The maximum absolute atomic E-state index is 10.4. The molecule has 30 heavy (non-hydrogen) atoms. The first-order valence-electron chi connectivity index (χ1n) is 10.4. The smallest absolute Gasteiger partial charge is 0.466 e. The Balaban J connectivity index is 0.000000413. The summed E-state index contributed by atoms with van der Waals surface area (Å²) >= 11 is 0. The molecule has 4 unspecified atom stereocenters. The van der Waals surface area contributed by atoms with Crippen molar-refractivity contribution in [3.63, 3.8) is 0 Å². The van der Waals surface area contributed by atoms with Gasteiger partial charge in [-0.1, -0.05) is 0 Å². The highest BCUT2D eigenvalue weighted by molar-refractivity contribution is 5.94. The van der Waals surface area contributed by atoms with Crippen molar-refractivity contribution in [3.8, 4) is 0 Å². The predicted molar refractivity (Wildman–Crippen MR) is 107 cm³/mol. The van der Waals surface area contributed by atoms with Crippen LogP contribution >= 0.6 is 0 Å². The lowest BCUT2D eigenvalue weighted by Crippen LogP contribution is -2.45. The first-order valence-corrected chi connectivity index (χ1v) is 10.4. The number of hydrogen-bond donors (Lipinski definition) is 0. The minimum atomic E-state index is -0.665. The first kappa shape index (κ1) is 25.2. The van der Waals surface area contributed by atoms with E-state index in [0.717, 1.165) is 0 Å². The van der Waals surface area contributed by atoms with Gasteiger partial charge >= 0.3 is 7.40 Å². The second-order valence-corrected chi connectivity index (χ2v) is 8.98. The molecule has 0 N–H and O–H groups in total. The molecule has 3 heterocycles. The molecule has 0 aliphatic carbocycles. The Bertz CT molecular complexity index is 584. The average molecular weight is 434 g/mol. The average Bonchev–Trinajstić information content (AvgIpc) is 3.22. The van der Waals surface area contributed by atoms with Gasteiger partial charge in [0.15, 0.2) is 17.4 Å². The zero-order chi connectivity index (χ0) is 22.7. The molecule has 0 saturated carbocycles. The van der Waals surface area contributed by atoms with Crippen LogP contribution in [-0.4, -0.2) is 73.4 Å². The number of Topliss-reactive ketones (excluding diaryl/α,β-unsaturated/α-hetero) is 1. The van der Waals surface area contributed by atoms with Crippen molar-refractivity contribution in [3.05, 3.63) is 0 Å². The van der Waals surface area contributed by atoms with Gasteiger partial charge in [0, 0.05) is 0 Å². The van der Waals surface area contributed by atoms with Crippen molar-refractivity contribution >= 4 is 11.8 Å². The fourth-order valence-corrected chi connectivity index (χ4v) is 3.56. The van der Waals surface area contributed by atoms with Crippen LogP contribution < -0.4 is 0 Å². The monoisotopic (exact) mass is 433 g/mol. The molecule has 0 aromatic heterocycles. The lowest BCUT2D eigenvalue weighted by atomic mass is 10.0. The van der Waals surface area contributed by atoms with Crippen LogP contribution in [0.3, 0.4) is 0 Å². The zero-order valence-corrected chi connectivity index (χ0v) is 19.3. The van der Waals surface area contributed by atoms with Crippen LogP contribution in [0.2, 0.25) is 0 Å². The fourth-order valence-electron chi connectivity index (χ4n) is 3.56. The molecule has 3 aliphatic heterocycles. The molecule has 3 aliphatic rings. The molecule has 0 amide bonds. The van der Waals surface area contributed by atoms with Gasteiger partial charge in [0.05, 0.1) is 19.8 Å². The number of carbonyl (C=O) groups excluding carboxylic acids is 2. The Labute approximate surface area is 180 Å². The van der Waals surface area contributed by atoms with Gasteiger partial charge < -0.3 is 33.2 Å². The maximum atomic E-state index is 10.4. The van der Waals surface area contributed by atoms with Crippen molar-refractivity contribution in [1.82, 2.24) is 0 Å². The summed E-state index contributed by atoms with van der Waals surface area (Å²) < 4.78 is 39.8. The third kappa shape index (κ3) is 7.25. The van der Waals surface area contributed by atoms with Gasteiger partial charge in [-0.15, -0.1) is 0 Å². The van der Waals surface area contributed by atoms with E-state index in [0.29, 0.717) is 19.8 Å². The predicted octanol–water partition coefficient (Wildman–Crippen LogP) is 2.45. The van der Waals surface area contributed by atoms with E-state index in [1.165, 1.54) is 6.92 Å². The van der Waals surface area contributed by atoms with E-state index in [1.54, 1.807) is 6.92 Å². The van der Waals surface area contributed by atoms with Gasteiger partial charge in [-0.25, -0.2) is 0 Å². The lowest BCUT2D eigenvalue weighted by molar-refractivity contribution is -0.178. The molecule has 0 bridgehead atoms. The number of ketones is 1. The Morgan fingerprint density at radius 2 is 1.27 bits per heavy atom. The number of carbonyl (C=O) groups is 2. The minimum absolute atomic E-state index is 0. The van der Waals surface area contributed by atoms with E-state index in [-0.39, 0.29) is 38.0 Å². The summed E-state index contributed by atoms with van der Waals surface area (Å²) in [7, 11) is 0. The molecular weight excluding hydrogens is 396 g/mol. The molecule has 3 fully saturated rings. The van der Waals surface area contributed by atoms with Gasteiger partial charge in [-0.2, -0.15) is 0 Å². The van der Waals surface area contributed by atoms with Crippen LogP contribution in [0, 0.1) is 0 Å². The van der Waals surface area contributed by atoms with Crippen molar-refractivity contribution < 1.29 is 44.2 Å². The summed E-state index contributed by atoms with van der Waals surface area (Å²) in [6, 6.07) is 0. The quantitative estimate of drug-likeness (QED) is 0.478. The third-order valence-corrected chi connectivity index (χ3v) is 4.66. The van der Waals surface area contributed by atoms with Crippen LogP contribution in [0.5, 0.6) is 0 Å². The van der Waals surface area contributed by atoms with Gasteiger partial charge in [0.25, 0.3) is 0 Å². The molecule has 9 heteroatoms. The van der Waals surface area contributed by atoms with E-state index >= 15 is 0 Å². The molecule has 0 radical (unpaired) electrons. The van der Waals surface area contributed by atoms with Crippen LogP contribution in [0.25, 0.3) is 0 Å². The van der Waals surface area contributed by atoms with Gasteiger partial charge in [-0.05, 0) is 55.4 Å². The number of esters is 1. The minimum Gasteiger partial charge on any atom is -0.466 e. The van der Waals surface area contributed by atoms with Crippen molar-refractivity contribution in [2.24, 2.45) is 0 Å². The van der Waals surface area contributed by atoms with Crippen LogP contribution in [0.15, 0.2) is 0 Å². The molecule has 9 nitrogen and oxygen atoms in total. The van der Waals surface area contributed by atoms with Gasteiger partial charge in [0.2, 0.25) is 0 Å². The fraction of sp³-hybridized carbons (Fsp3) is 0.905. The van der Waals surface area contributed by atoms with Crippen molar-refractivity contribution in [1.29, 1.82) is 0 Å². The highest BCUT2D eigenvalue weighted by Gasteiger charge is 2.54. The second-order valence-electron chi connectivity index (χ2n) is 8.98. The maximum Gasteiger partial charge on any atom is 1.00 e. The van der Waals surface area contributed by atoms with Crippen LogP contribution in [0.4, 0.5) is 0 Å². The van der Waals surface area contributed by atoms with Crippen molar-refractivity contribution in [2.75, 3.05) is 19.8 Å². The van der Waals surface area contributed by atoms with E-state index < -0.39 is 23.3 Å². The summed E-state index contributed by atoms with van der Waals surface area (Å²) in [6.45, 7) is 15.8. The molecule has 4 atom stereocenters. The molecule has 0 aromatic carbocycles. The second kappa shape index (κ2) is 9.58. The molecule has 3 saturated heterocycles. The molecule has 0 spiro atoms. The standard InChI is InChI=1S/C15H26O6.C6H10O3/c1-13(2)16-7-9(18-13)11-12(21-15(5,6)20-11)10-8-17-14(3,4)19-10;1-3-9-6(8)4-5(2)7/h9-12H,7-8H2,1-6H3;3-4H2,1-2H3/p+1. The Kier molecular flexibility index (Phi) is 8.04. The van der Waals surface area contributed by atoms with E-state index in [2.05, 4.69) is 4.74 Å². The highest BCUT2D eigenvalue weighted by Crippen LogP contribution is 2.39. The Morgan fingerprint density at radius 1 is 0.833 bits per heavy atom. The molecule has 0 aromatic rings. The van der Waals surface area contributed by atoms with Gasteiger partial charge in [0.1, 0.15) is 36.6 Å². The van der Waals surface area contributed by atoms with E-state index in [9.17, 15) is 9.59 Å². The van der Waals surface area contributed by atoms with Crippen LogP contribution in [-0.2, 0) is 42.7 Å². The third-order valence-electron chi connectivity index (χ3n) is 4.66. The number of rotatable bonds is 5. The summed E-state index contributed by atoms with van der Waals surface area (Å²) in [5.41, 5.74) is 0. The molecular formula is C21H37O9+. The number of hydrogen-bond acceptors (Lipinski definition) is 9.